The Labute approximate surface area is 124 Å². The second kappa shape index (κ2) is 8.26. The van der Waals surface area contributed by atoms with Crippen LogP contribution in [0, 0.1) is 11.8 Å². The average Bonchev–Trinajstić information content (AvgIpc) is 2.49. The van der Waals surface area contributed by atoms with Gasteiger partial charge in [0.25, 0.3) is 0 Å². The third kappa shape index (κ3) is 5.13. The summed E-state index contributed by atoms with van der Waals surface area (Å²) in [5.41, 5.74) is 2.71. The van der Waals surface area contributed by atoms with Crippen molar-refractivity contribution in [3.63, 3.8) is 0 Å². The summed E-state index contributed by atoms with van der Waals surface area (Å²) in [5.74, 6) is 1.36. The zero-order valence-electron chi connectivity index (χ0n) is 12.8. The molecule has 0 saturated heterocycles. The van der Waals surface area contributed by atoms with Crippen molar-refractivity contribution in [1.82, 2.24) is 0 Å². The van der Waals surface area contributed by atoms with Crippen LogP contribution in [0.15, 0.2) is 42.5 Å². The number of ether oxygens (including phenoxy) is 1. The molecule has 0 N–H and O–H groups in total. The Balaban J connectivity index is 1.64. The van der Waals surface area contributed by atoms with Gasteiger partial charge in [0, 0.05) is 6.61 Å². The minimum absolute atomic E-state index is 0.577. The highest BCUT2D eigenvalue weighted by atomic mass is 16.5. The van der Waals surface area contributed by atoms with Crippen molar-refractivity contribution in [1.29, 1.82) is 0 Å². The van der Waals surface area contributed by atoms with E-state index in [9.17, 15) is 0 Å². The summed E-state index contributed by atoms with van der Waals surface area (Å²) in [6, 6.07) is 10.4. The van der Waals surface area contributed by atoms with Gasteiger partial charge >= 0.3 is 0 Å². The van der Waals surface area contributed by atoms with Gasteiger partial charge in [-0.3, -0.25) is 0 Å². The number of benzene rings is 1. The van der Waals surface area contributed by atoms with E-state index in [0.29, 0.717) is 5.92 Å². The van der Waals surface area contributed by atoms with Gasteiger partial charge in [-0.15, -0.1) is 0 Å². The van der Waals surface area contributed by atoms with E-state index in [0.717, 1.165) is 25.6 Å². The molecule has 0 aliphatic heterocycles. The van der Waals surface area contributed by atoms with Crippen molar-refractivity contribution in [2.75, 3.05) is 6.61 Å². The Bertz CT molecular complexity index is 389. The molecular weight excluding hydrogens is 244 g/mol. The van der Waals surface area contributed by atoms with E-state index >= 15 is 0 Å². The summed E-state index contributed by atoms with van der Waals surface area (Å²) in [6.07, 6.45) is 8.04. The maximum atomic E-state index is 5.83. The van der Waals surface area contributed by atoms with Crippen LogP contribution >= 0.6 is 0 Å². The van der Waals surface area contributed by atoms with Crippen molar-refractivity contribution in [2.24, 2.45) is 11.8 Å². The van der Waals surface area contributed by atoms with Crippen LogP contribution in [0.1, 0.15) is 51.0 Å². The van der Waals surface area contributed by atoms with Gasteiger partial charge in [0.1, 0.15) is 0 Å². The molecule has 2 rings (SSSR count). The van der Waals surface area contributed by atoms with Gasteiger partial charge in [0.2, 0.25) is 0 Å². The quantitative estimate of drug-likeness (QED) is 0.607. The van der Waals surface area contributed by atoms with E-state index in [1.165, 1.54) is 43.2 Å². The molecule has 1 aliphatic carbocycles. The zero-order valence-corrected chi connectivity index (χ0v) is 12.8. The topological polar surface area (TPSA) is 9.23 Å². The molecule has 0 aromatic heterocycles. The molecule has 1 atom stereocenters. The minimum Gasteiger partial charge on any atom is -0.376 e. The van der Waals surface area contributed by atoms with Gasteiger partial charge in [-0.2, -0.15) is 0 Å². The molecule has 1 aromatic rings. The Morgan fingerprint density at radius 1 is 1.20 bits per heavy atom. The van der Waals surface area contributed by atoms with Gasteiger partial charge in [0.15, 0.2) is 0 Å². The third-order valence-corrected chi connectivity index (χ3v) is 4.31. The number of allylic oxidation sites excluding steroid dienone is 1. The van der Waals surface area contributed by atoms with Crippen molar-refractivity contribution in [3.05, 3.63) is 48.0 Å². The first-order chi connectivity index (χ1) is 9.75. The first-order valence-corrected chi connectivity index (χ1v) is 8.05. The lowest BCUT2D eigenvalue weighted by Crippen LogP contribution is -2.13. The molecule has 1 fully saturated rings. The SMILES string of the molecule is C=C(CC(C)COCc1ccccc1)C1CCCCC1. The van der Waals surface area contributed by atoms with E-state index in [-0.39, 0.29) is 0 Å². The number of hydrogen-bond acceptors (Lipinski definition) is 1. The van der Waals surface area contributed by atoms with Crippen LogP contribution in [0.5, 0.6) is 0 Å². The summed E-state index contributed by atoms with van der Waals surface area (Å²) in [5, 5.41) is 0. The highest BCUT2D eigenvalue weighted by Gasteiger charge is 2.17. The predicted molar refractivity (Wildman–Crippen MR) is 85.6 cm³/mol. The van der Waals surface area contributed by atoms with Crippen LogP contribution in [0.2, 0.25) is 0 Å². The number of rotatable bonds is 7. The van der Waals surface area contributed by atoms with E-state index in [1.807, 2.05) is 6.07 Å². The molecule has 1 heteroatoms. The van der Waals surface area contributed by atoms with Crippen LogP contribution < -0.4 is 0 Å². The van der Waals surface area contributed by atoms with Crippen molar-refractivity contribution >= 4 is 0 Å². The highest BCUT2D eigenvalue weighted by Crippen LogP contribution is 2.31. The summed E-state index contributed by atoms with van der Waals surface area (Å²) in [7, 11) is 0. The molecule has 0 spiro atoms. The Kier molecular flexibility index (Phi) is 6.32. The van der Waals surface area contributed by atoms with E-state index in [4.69, 9.17) is 4.74 Å². The fourth-order valence-corrected chi connectivity index (χ4v) is 3.14. The van der Waals surface area contributed by atoms with Crippen molar-refractivity contribution in [3.8, 4) is 0 Å². The van der Waals surface area contributed by atoms with Crippen molar-refractivity contribution < 1.29 is 4.74 Å². The third-order valence-electron chi connectivity index (χ3n) is 4.31. The maximum absolute atomic E-state index is 5.83. The fraction of sp³-hybridized carbons (Fsp3) is 0.579. The largest absolute Gasteiger partial charge is 0.376 e. The Morgan fingerprint density at radius 2 is 1.90 bits per heavy atom. The second-order valence-electron chi connectivity index (χ2n) is 6.30. The maximum Gasteiger partial charge on any atom is 0.0717 e. The summed E-state index contributed by atoms with van der Waals surface area (Å²) >= 11 is 0. The molecule has 20 heavy (non-hydrogen) atoms. The first kappa shape index (κ1) is 15.3. The molecular formula is C19H28O. The lowest BCUT2D eigenvalue weighted by Gasteiger charge is -2.25. The summed E-state index contributed by atoms with van der Waals surface area (Å²) in [4.78, 5) is 0. The standard InChI is InChI=1S/C19H28O/c1-16(13-17(2)19-11-7-4-8-12-19)14-20-15-18-9-5-3-6-10-18/h3,5-6,9-10,16,19H,2,4,7-8,11-15H2,1H3. The fourth-order valence-electron chi connectivity index (χ4n) is 3.14. The second-order valence-corrected chi connectivity index (χ2v) is 6.30. The van der Waals surface area contributed by atoms with Crippen molar-refractivity contribution in [2.45, 2.75) is 52.1 Å². The Hall–Kier alpha value is -1.08. The van der Waals surface area contributed by atoms with E-state index < -0.39 is 0 Å². The zero-order chi connectivity index (χ0) is 14.2. The smallest absolute Gasteiger partial charge is 0.0717 e. The molecule has 1 aromatic carbocycles. The van der Waals surface area contributed by atoms with Crippen LogP contribution in [0.25, 0.3) is 0 Å². The molecule has 110 valence electrons. The monoisotopic (exact) mass is 272 g/mol. The molecule has 0 bridgehead atoms. The van der Waals surface area contributed by atoms with Crippen LogP contribution in [0.4, 0.5) is 0 Å². The van der Waals surface area contributed by atoms with Gasteiger partial charge in [-0.25, -0.2) is 0 Å². The lowest BCUT2D eigenvalue weighted by atomic mass is 9.81. The van der Waals surface area contributed by atoms with Crippen LogP contribution in [-0.4, -0.2) is 6.61 Å². The lowest BCUT2D eigenvalue weighted by molar-refractivity contribution is 0.0912. The highest BCUT2D eigenvalue weighted by molar-refractivity contribution is 5.13. The van der Waals surface area contributed by atoms with Gasteiger partial charge in [-0.05, 0) is 36.7 Å². The molecule has 0 radical (unpaired) electrons. The predicted octanol–water partition coefficient (Wildman–Crippen LogP) is 5.37. The summed E-state index contributed by atoms with van der Waals surface area (Å²) < 4.78 is 5.83. The molecule has 0 heterocycles. The first-order valence-electron chi connectivity index (χ1n) is 8.05. The van der Waals surface area contributed by atoms with Gasteiger partial charge in [-0.1, -0.05) is 68.7 Å². The molecule has 1 unspecified atom stereocenters. The normalized spacial score (nSPS) is 17.9. The molecule has 1 nitrogen and oxygen atoms in total. The minimum atomic E-state index is 0.577. The Morgan fingerprint density at radius 3 is 2.60 bits per heavy atom. The number of hydrogen-bond donors (Lipinski definition) is 0. The molecule has 0 amide bonds. The van der Waals surface area contributed by atoms with Gasteiger partial charge < -0.3 is 4.74 Å². The molecule has 1 saturated carbocycles. The van der Waals surface area contributed by atoms with Crippen LogP contribution in [0.3, 0.4) is 0 Å². The van der Waals surface area contributed by atoms with Gasteiger partial charge in [0.05, 0.1) is 6.61 Å². The molecule has 1 aliphatic rings. The van der Waals surface area contributed by atoms with E-state index in [2.05, 4.69) is 37.8 Å². The summed E-state index contributed by atoms with van der Waals surface area (Å²) in [6.45, 7) is 8.16. The van der Waals surface area contributed by atoms with Crippen LogP contribution in [-0.2, 0) is 11.3 Å². The average molecular weight is 272 g/mol. The van der Waals surface area contributed by atoms with E-state index in [1.54, 1.807) is 0 Å².